The molecular formula is C11H18N4O. The summed E-state index contributed by atoms with van der Waals surface area (Å²) in [4.78, 5) is 19.2. The highest BCUT2D eigenvalue weighted by Crippen LogP contribution is 2.18. The van der Waals surface area contributed by atoms with Crippen LogP contribution in [0, 0.1) is 6.92 Å². The second kappa shape index (κ2) is 4.83. The minimum absolute atomic E-state index is 0.0187. The van der Waals surface area contributed by atoms with Crippen molar-refractivity contribution < 1.29 is 4.79 Å². The third-order valence-electron chi connectivity index (χ3n) is 2.28. The van der Waals surface area contributed by atoms with E-state index in [1.165, 1.54) is 0 Å². The van der Waals surface area contributed by atoms with Gasteiger partial charge in [-0.25, -0.2) is 4.98 Å². The summed E-state index contributed by atoms with van der Waals surface area (Å²) in [5.41, 5.74) is 7.28. The zero-order chi connectivity index (χ0) is 12.3. The number of anilines is 2. The number of aromatic nitrogens is 1. The Morgan fingerprint density at radius 2 is 2.00 bits per heavy atom. The first-order chi connectivity index (χ1) is 7.41. The number of carbonyl (C=O) groups excluding carboxylic acids is 1. The lowest BCUT2D eigenvalue weighted by molar-refractivity contribution is -0.127. The van der Waals surface area contributed by atoms with Crippen molar-refractivity contribution in [2.24, 2.45) is 0 Å². The van der Waals surface area contributed by atoms with Crippen LogP contribution in [0.3, 0.4) is 0 Å². The average molecular weight is 222 g/mol. The van der Waals surface area contributed by atoms with Crippen LogP contribution in [0.2, 0.25) is 0 Å². The maximum absolute atomic E-state index is 11.5. The summed E-state index contributed by atoms with van der Waals surface area (Å²) in [5.74, 6) is 0.667. The maximum atomic E-state index is 11.5. The lowest BCUT2D eigenvalue weighted by Crippen LogP contribution is -2.35. The zero-order valence-electron chi connectivity index (χ0n) is 10.2. The molecule has 1 rings (SSSR count). The number of likely N-dealkylation sites (N-methyl/N-ethyl adjacent to an activating group) is 2. The molecule has 2 N–H and O–H groups in total. The van der Waals surface area contributed by atoms with Crippen LogP contribution in [0.4, 0.5) is 11.5 Å². The van der Waals surface area contributed by atoms with Gasteiger partial charge in [0.2, 0.25) is 5.91 Å². The number of hydrogen-bond acceptors (Lipinski definition) is 4. The number of rotatable bonds is 3. The Morgan fingerprint density at radius 3 is 2.56 bits per heavy atom. The molecule has 0 unspecified atom stereocenters. The fourth-order valence-corrected chi connectivity index (χ4v) is 1.28. The van der Waals surface area contributed by atoms with Gasteiger partial charge in [0.1, 0.15) is 0 Å². The molecule has 88 valence electrons. The van der Waals surface area contributed by atoms with Gasteiger partial charge in [0.25, 0.3) is 0 Å². The van der Waals surface area contributed by atoms with E-state index in [0.29, 0.717) is 11.5 Å². The molecule has 0 saturated heterocycles. The first-order valence-corrected chi connectivity index (χ1v) is 5.06. The Hall–Kier alpha value is -1.78. The van der Waals surface area contributed by atoms with Crippen molar-refractivity contribution in [3.05, 3.63) is 17.8 Å². The molecule has 1 aromatic rings. The van der Waals surface area contributed by atoms with Crippen LogP contribution in [0.15, 0.2) is 12.1 Å². The molecule has 0 atom stereocenters. The molecule has 5 nitrogen and oxygen atoms in total. The summed E-state index contributed by atoms with van der Waals surface area (Å²) in [7, 11) is 5.26. The van der Waals surface area contributed by atoms with Crippen molar-refractivity contribution >= 4 is 17.4 Å². The van der Waals surface area contributed by atoms with E-state index in [9.17, 15) is 4.79 Å². The quantitative estimate of drug-likeness (QED) is 0.808. The first kappa shape index (κ1) is 12.3. The molecule has 0 bridgehead atoms. The summed E-state index contributed by atoms with van der Waals surface area (Å²) >= 11 is 0. The molecule has 0 fully saturated rings. The fourth-order valence-electron chi connectivity index (χ4n) is 1.28. The monoisotopic (exact) mass is 222 g/mol. The largest absolute Gasteiger partial charge is 0.396 e. The Bertz CT molecular complexity index is 390. The van der Waals surface area contributed by atoms with E-state index in [1.807, 2.05) is 13.0 Å². The number of pyridine rings is 1. The Kier molecular flexibility index (Phi) is 3.71. The number of hydrogen-bond donors (Lipinski definition) is 1. The molecule has 1 amide bonds. The van der Waals surface area contributed by atoms with Gasteiger partial charge in [0.15, 0.2) is 5.82 Å². The molecule has 0 saturated carbocycles. The van der Waals surface area contributed by atoms with Crippen LogP contribution < -0.4 is 10.6 Å². The second-order valence-electron chi connectivity index (χ2n) is 4.01. The molecule has 5 heteroatoms. The van der Waals surface area contributed by atoms with Gasteiger partial charge in [-0.1, -0.05) is 0 Å². The number of amides is 1. The zero-order valence-corrected chi connectivity index (χ0v) is 10.2. The molecule has 0 aliphatic rings. The van der Waals surface area contributed by atoms with Gasteiger partial charge in [0, 0.05) is 26.8 Å². The smallest absolute Gasteiger partial charge is 0.241 e. The van der Waals surface area contributed by atoms with Crippen molar-refractivity contribution in [2.75, 3.05) is 38.3 Å². The average Bonchev–Trinajstić information content (AvgIpc) is 2.21. The number of carbonyl (C=O) groups is 1. The van der Waals surface area contributed by atoms with E-state index < -0.39 is 0 Å². The third kappa shape index (κ3) is 2.85. The van der Waals surface area contributed by atoms with Crippen molar-refractivity contribution in [3.63, 3.8) is 0 Å². The van der Waals surface area contributed by atoms with Gasteiger partial charge in [-0.05, 0) is 19.1 Å². The van der Waals surface area contributed by atoms with Crippen LogP contribution in [-0.4, -0.2) is 43.5 Å². The predicted molar refractivity (Wildman–Crippen MR) is 65.4 cm³/mol. The molecule has 0 radical (unpaired) electrons. The number of nitrogen functional groups attached to an aromatic ring is 1. The predicted octanol–water partition coefficient (Wildman–Crippen LogP) is 0.497. The fraction of sp³-hybridized carbons (Fsp3) is 0.455. The summed E-state index contributed by atoms with van der Waals surface area (Å²) in [5, 5.41) is 0. The summed E-state index contributed by atoms with van der Waals surface area (Å²) in [6.45, 7) is 2.16. The first-order valence-electron chi connectivity index (χ1n) is 5.06. The minimum Gasteiger partial charge on any atom is -0.396 e. The van der Waals surface area contributed by atoms with Crippen molar-refractivity contribution in [1.82, 2.24) is 9.88 Å². The standard InChI is InChI=1S/C11H18N4O/c1-8-5-6-9(12)11(13-8)15(4)7-10(16)14(2)3/h5-6H,7,12H2,1-4H3. The van der Waals surface area contributed by atoms with Gasteiger partial charge >= 0.3 is 0 Å². The molecule has 0 aliphatic carbocycles. The number of nitrogens with two attached hydrogens (primary N) is 1. The van der Waals surface area contributed by atoms with Gasteiger partial charge < -0.3 is 15.5 Å². The van der Waals surface area contributed by atoms with Gasteiger partial charge in [0.05, 0.1) is 12.2 Å². The van der Waals surface area contributed by atoms with E-state index >= 15 is 0 Å². The molecule has 0 aromatic carbocycles. The molecule has 0 aliphatic heterocycles. The van der Waals surface area contributed by atoms with E-state index in [1.54, 1.807) is 37.0 Å². The summed E-state index contributed by atoms with van der Waals surface area (Å²) in [6, 6.07) is 3.65. The molecule has 0 spiro atoms. The van der Waals surface area contributed by atoms with Gasteiger partial charge in [-0.3, -0.25) is 4.79 Å². The van der Waals surface area contributed by atoms with Crippen molar-refractivity contribution in [3.8, 4) is 0 Å². The maximum Gasteiger partial charge on any atom is 0.241 e. The Balaban J connectivity index is 2.84. The van der Waals surface area contributed by atoms with E-state index in [2.05, 4.69) is 4.98 Å². The van der Waals surface area contributed by atoms with Gasteiger partial charge in [-0.15, -0.1) is 0 Å². The second-order valence-corrected chi connectivity index (χ2v) is 4.01. The lowest BCUT2D eigenvalue weighted by atomic mass is 10.3. The third-order valence-corrected chi connectivity index (χ3v) is 2.28. The van der Waals surface area contributed by atoms with Crippen LogP contribution >= 0.6 is 0 Å². The summed E-state index contributed by atoms with van der Waals surface area (Å²) in [6.07, 6.45) is 0. The van der Waals surface area contributed by atoms with E-state index in [-0.39, 0.29) is 12.5 Å². The van der Waals surface area contributed by atoms with Crippen LogP contribution in [0.1, 0.15) is 5.69 Å². The van der Waals surface area contributed by atoms with E-state index in [4.69, 9.17) is 5.73 Å². The van der Waals surface area contributed by atoms with E-state index in [0.717, 1.165) is 5.69 Å². The molecular weight excluding hydrogens is 204 g/mol. The highest BCUT2D eigenvalue weighted by atomic mass is 16.2. The normalized spacial score (nSPS) is 10.0. The molecule has 16 heavy (non-hydrogen) atoms. The topological polar surface area (TPSA) is 62.5 Å². The Morgan fingerprint density at radius 1 is 1.38 bits per heavy atom. The highest BCUT2D eigenvalue weighted by molar-refractivity contribution is 5.81. The SMILES string of the molecule is Cc1ccc(N)c(N(C)CC(=O)N(C)C)n1. The number of nitrogens with zero attached hydrogens (tertiary/aromatic N) is 3. The summed E-state index contributed by atoms with van der Waals surface area (Å²) < 4.78 is 0. The Labute approximate surface area is 95.9 Å². The molecule has 1 aromatic heterocycles. The van der Waals surface area contributed by atoms with Crippen LogP contribution in [0.25, 0.3) is 0 Å². The van der Waals surface area contributed by atoms with Gasteiger partial charge in [-0.2, -0.15) is 0 Å². The van der Waals surface area contributed by atoms with Crippen LogP contribution in [0.5, 0.6) is 0 Å². The minimum atomic E-state index is 0.0187. The number of aryl methyl sites for hydroxylation is 1. The van der Waals surface area contributed by atoms with Crippen molar-refractivity contribution in [1.29, 1.82) is 0 Å². The van der Waals surface area contributed by atoms with Crippen LogP contribution in [-0.2, 0) is 4.79 Å². The molecule has 1 heterocycles. The van der Waals surface area contributed by atoms with Crippen molar-refractivity contribution in [2.45, 2.75) is 6.92 Å². The highest BCUT2D eigenvalue weighted by Gasteiger charge is 2.12. The lowest BCUT2D eigenvalue weighted by Gasteiger charge is -2.21.